The van der Waals surface area contributed by atoms with E-state index in [2.05, 4.69) is 5.32 Å². The summed E-state index contributed by atoms with van der Waals surface area (Å²) in [6.45, 7) is 1.30. The van der Waals surface area contributed by atoms with Gasteiger partial charge in [0.1, 0.15) is 5.76 Å². The molecule has 0 saturated heterocycles. The molecule has 0 aliphatic carbocycles. The first kappa shape index (κ1) is 10.9. The molecule has 4 nitrogen and oxygen atoms in total. The lowest BCUT2D eigenvalue weighted by molar-refractivity contribution is 0.0697. The molecule has 0 spiro atoms. The molecule has 0 fully saturated rings. The van der Waals surface area contributed by atoms with E-state index in [0.29, 0.717) is 18.7 Å². The predicted molar refractivity (Wildman–Crippen MR) is 60.5 cm³/mol. The minimum absolute atomic E-state index is 0.347. The second-order valence-electron chi connectivity index (χ2n) is 3.29. The highest BCUT2D eigenvalue weighted by atomic mass is 32.1. The van der Waals surface area contributed by atoms with Crippen LogP contribution in [-0.2, 0) is 13.1 Å². The molecule has 0 radical (unpaired) electrons. The van der Waals surface area contributed by atoms with Gasteiger partial charge >= 0.3 is 5.97 Å². The number of furan rings is 1. The number of carbonyl (C=O) groups is 1. The Hall–Kier alpha value is -1.59. The van der Waals surface area contributed by atoms with E-state index in [1.165, 1.54) is 11.3 Å². The molecular formula is C11H11NO3S. The molecule has 0 unspecified atom stereocenters. The van der Waals surface area contributed by atoms with Crippen LogP contribution < -0.4 is 5.32 Å². The fourth-order valence-corrected chi connectivity index (χ4v) is 2.14. The minimum atomic E-state index is -0.881. The van der Waals surface area contributed by atoms with Gasteiger partial charge in [-0.25, -0.2) is 4.79 Å². The normalized spacial score (nSPS) is 10.5. The summed E-state index contributed by atoms with van der Waals surface area (Å²) in [6, 6.07) is 5.41. The molecule has 2 aromatic rings. The topological polar surface area (TPSA) is 62.5 Å². The molecule has 0 aliphatic heterocycles. The molecular weight excluding hydrogens is 226 g/mol. The third-order valence-corrected chi connectivity index (χ3v) is 3.02. The van der Waals surface area contributed by atoms with Crippen LogP contribution in [0.3, 0.4) is 0 Å². The summed E-state index contributed by atoms with van der Waals surface area (Å²) in [6.07, 6.45) is 1.63. The van der Waals surface area contributed by atoms with Crippen LogP contribution in [0.2, 0.25) is 0 Å². The zero-order chi connectivity index (χ0) is 11.4. The Kier molecular flexibility index (Phi) is 3.38. The first-order valence-corrected chi connectivity index (χ1v) is 5.67. The molecule has 0 amide bonds. The number of thiophene rings is 1. The number of nitrogens with one attached hydrogen (secondary N) is 1. The quantitative estimate of drug-likeness (QED) is 0.837. The van der Waals surface area contributed by atoms with E-state index < -0.39 is 5.97 Å². The van der Waals surface area contributed by atoms with Crippen molar-refractivity contribution >= 4 is 17.3 Å². The van der Waals surface area contributed by atoms with Gasteiger partial charge in [0.25, 0.3) is 0 Å². The molecule has 0 aromatic carbocycles. The predicted octanol–water partition coefficient (Wildman–Crippen LogP) is 2.33. The van der Waals surface area contributed by atoms with Crippen LogP contribution in [0.4, 0.5) is 0 Å². The molecule has 5 heteroatoms. The van der Waals surface area contributed by atoms with Crippen molar-refractivity contribution in [2.45, 2.75) is 13.1 Å². The number of carboxylic acids is 1. The smallest absolute Gasteiger partial charge is 0.336 e. The van der Waals surface area contributed by atoms with E-state index in [1.54, 1.807) is 17.7 Å². The third kappa shape index (κ3) is 2.71. The van der Waals surface area contributed by atoms with E-state index in [9.17, 15) is 4.79 Å². The molecule has 0 atom stereocenters. The van der Waals surface area contributed by atoms with Gasteiger partial charge in [-0.3, -0.25) is 0 Å². The van der Waals surface area contributed by atoms with Gasteiger partial charge in [0.15, 0.2) is 0 Å². The number of hydrogen-bond acceptors (Lipinski definition) is 4. The van der Waals surface area contributed by atoms with Crippen LogP contribution in [0, 0.1) is 0 Å². The van der Waals surface area contributed by atoms with Crippen molar-refractivity contribution in [1.82, 2.24) is 5.32 Å². The Morgan fingerprint density at radius 1 is 1.50 bits per heavy atom. The highest BCUT2D eigenvalue weighted by Crippen LogP contribution is 2.14. The van der Waals surface area contributed by atoms with Gasteiger partial charge in [0, 0.05) is 16.8 Å². The average molecular weight is 237 g/mol. The van der Waals surface area contributed by atoms with Crippen molar-refractivity contribution in [3.8, 4) is 0 Å². The number of carboxylic acid groups (broad SMARTS) is 1. The fraction of sp³-hybridized carbons (Fsp3) is 0.182. The van der Waals surface area contributed by atoms with Crippen molar-refractivity contribution in [2.24, 2.45) is 0 Å². The van der Waals surface area contributed by atoms with E-state index in [1.807, 2.05) is 12.1 Å². The van der Waals surface area contributed by atoms with E-state index in [-0.39, 0.29) is 0 Å². The van der Waals surface area contributed by atoms with Gasteiger partial charge in [-0.05, 0) is 18.2 Å². The molecule has 2 aromatic heterocycles. The van der Waals surface area contributed by atoms with Crippen molar-refractivity contribution < 1.29 is 14.3 Å². The lowest BCUT2D eigenvalue weighted by Crippen LogP contribution is -2.11. The lowest BCUT2D eigenvalue weighted by atomic mass is 10.3. The molecule has 0 bridgehead atoms. The van der Waals surface area contributed by atoms with Crippen LogP contribution >= 0.6 is 11.3 Å². The SMILES string of the molecule is O=C(O)c1csc(CNCc2ccco2)c1. The van der Waals surface area contributed by atoms with Crippen LogP contribution in [0.15, 0.2) is 34.3 Å². The van der Waals surface area contributed by atoms with Gasteiger partial charge < -0.3 is 14.8 Å². The van der Waals surface area contributed by atoms with Crippen molar-refractivity contribution in [3.05, 3.63) is 46.0 Å². The number of hydrogen-bond donors (Lipinski definition) is 2. The highest BCUT2D eigenvalue weighted by Gasteiger charge is 2.06. The van der Waals surface area contributed by atoms with E-state index >= 15 is 0 Å². The van der Waals surface area contributed by atoms with E-state index in [4.69, 9.17) is 9.52 Å². The molecule has 2 rings (SSSR count). The second kappa shape index (κ2) is 4.96. The molecule has 0 saturated carbocycles. The Labute approximate surface area is 96.5 Å². The van der Waals surface area contributed by atoms with Crippen molar-refractivity contribution in [1.29, 1.82) is 0 Å². The summed E-state index contributed by atoms with van der Waals surface area (Å²) in [7, 11) is 0. The standard InChI is InChI=1S/C11H11NO3S/c13-11(14)8-4-10(16-7-8)6-12-5-9-2-1-3-15-9/h1-4,7,12H,5-6H2,(H,13,14). The fourth-order valence-electron chi connectivity index (χ4n) is 1.31. The Bertz CT molecular complexity index is 461. The Balaban J connectivity index is 1.83. The largest absolute Gasteiger partial charge is 0.478 e. The number of aromatic carboxylic acids is 1. The van der Waals surface area contributed by atoms with Gasteiger partial charge in [-0.2, -0.15) is 0 Å². The third-order valence-electron chi connectivity index (χ3n) is 2.08. The van der Waals surface area contributed by atoms with Crippen LogP contribution in [0.25, 0.3) is 0 Å². The average Bonchev–Trinajstić information content (AvgIpc) is 2.87. The van der Waals surface area contributed by atoms with Crippen LogP contribution in [-0.4, -0.2) is 11.1 Å². The summed E-state index contributed by atoms with van der Waals surface area (Å²) in [5.41, 5.74) is 0.347. The Morgan fingerprint density at radius 3 is 3.00 bits per heavy atom. The van der Waals surface area contributed by atoms with E-state index in [0.717, 1.165) is 10.6 Å². The first-order chi connectivity index (χ1) is 7.75. The summed E-state index contributed by atoms with van der Waals surface area (Å²) in [5.74, 6) is -0.0106. The maximum Gasteiger partial charge on any atom is 0.336 e. The van der Waals surface area contributed by atoms with Crippen LogP contribution in [0.5, 0.6) is 0 Å². The molecule has 2 N–H and O–H groups in total. The summed E-state index contributed by atoms with van der Waals surface area (Å²) in [5, 5.41) is 13.6. The second-order valence-corrected chi connectivity index (χ2v) is 4.29. The monoisotopic (exact) mass is 237 g/mol. The molecule has 2 heterocycles. The summed E-state index contributed by atoms with van der Waals surface area (Å²) < 4.78 is 5.16. The minimum Gasteiger partial charge on any atom is -0.478 e. The van der Waals surface area contributed by atoms with Crippen molar-refractivity contribution in [2.75, 3.05) is 0 Å². The molecule has 16 heavy (non-hydrogen) atoms. The Morgan fingerprint density at radius 2 is 2.38 bits per heavy atom. The van der Waals surface area contributed by atoms with Gasteiger partial charge in [0.2, 0.25) is 0 Å². The van der Waals surface area contributed by atoms with Gasteiger partial charge in [-0.15, -0.1) is 11.3 Å². The molecule has 0 aliphatic rings. The first-order valence-electron chi connectivity index (χ1n) is 4.79. The van der Waals surface area contributed by atoms with Crippen LogP contribution in [0.1, 0.15) is 21.0 Å². The van der Waals surface area contributed by atoms with Crippen molar-refractivity contribution in [3.63, 3.8) is 0 Å². The lowest BCUT2D eigenvalue weighted by Gasteiger charge is -1.99. The van der Waals surface area contributed by atoms with Gasteiger partial charge in [-0.1, -0.05) is 0 Å². The zero-order valence-electron chi connectivity index (χ0n) is 8.47. The molecule has 84 valence electrons. The highest BCUT2D eigenvalue weighted by molar-refractivity contribution is 7.10. The maximum absolute atomic E-state index is 10.6. The zero-order valence-corrected chi connectivity index (χ0v) is 9.29. The summed E-state index contributed by atoms with van der Waals surface area (Å²) in [4.78, 5) is 11.6. The maximum atomic E-state index is 10.6. The summed E-state index contributed by atoms with van der Waals surface area (Å²) >= 11 is 1.44. The number of rotatable bonds is 5. The van der Waals surface area contributed by atoms with Gasteiger partial charge in [0.05, 0.1) is 18.4 Å².